The second-order valence-electron chi connectivity index (χ2n) is 2.58. The van der Waals surface area contributed by atoms with Gasteiger partial charge in [-0.2, -0.15) is 8.42 Å². The number of hydrogen-bond acceptors (Lipinski definition) is 3. The first-order valence-electron chi connectivity index (χ1n) is 3.85. The Morgan fingerprint density at radius 2 is 1.86 bits per heavy atom. The quantitative estimate of drug-likeness (QED) is 0.710. The summed E-state index contributed by atoms with van der Waals surface area (Å²) in [5.41, 5.74) is 0.377. The summed E-state index contributed by atoms with van der Waals surface area (Å²) in [6.07, 6.45) is 0.484. The molecule has 1 aromatic carbocycles. The van der Waals surface area contributed by atoms with Crippen LogP contribution in [-0.2, 0) is 15.0 Å². The van der Waals surface area contributed by atoms with Crippen molar-refractivity contribution >= 4 is 22.2 Å². The monoisotopic (exact) mass is 214 g/mol. The molecule has 0 fully saturated rings. The summed E-state index contributed by atoms with van der Waals surface area (Å²) in [6.45, 7) is -0.275. The third-order valence-electron chi connectivity index (χ3n) is 1.59. The molecule has 0 amide bonds. The Labute approximate surface area is 82.3 Å². The summed E-state index contributed by atoms with van der Waals surface area (Å²) >= 11 is 0. The number of hydrogen-bond donors (Lipinski definition) is 1. The van der Waals surface area contributed by atoms with Crippen molar-refractivity contribution in [2.24, 2.45) is 5.14 Å². The lowest BCUT2D eigenvalue weighted by Crippen LogP contribution is -2.37. The zero-order valence-electron chi connectivity index (χ0n) is 7.33. The molecule has 0 saturated carbocycles. The molecule has 1 rings (SSSR count). The Morgan fingerprint density at radius 3 is 2.29 bits per heavy atom. The van der Waals surface area contributed by atoms with E-state index >= 15 is 0 Å². The van der Waals surface area contributed by atoms with E-state index in [-0.39, 0.29) is 6.54 Å². The van der Waals surface area contributed by atoms with Crippen LogP contribution < -0.4 is 9.44 Å². The van der Waals surface area contributed by atoms with Crippen LogP contribution in [0.5, 0.6) is 0 Å². The molecule has 6 heteroatoms. The third-order valence-corrected chi connectivity index (χ3v) is 2.57. The first kappa shape index (κ1) is 10.7. The van der Waals surface area contributed by atoms with Gasteiger partial charge in [-0.15, -0.1) is 0 Å². The van der Waals surface area contributed by atoms with Gasteiger partial charge in [0.05, 0.1) is 12.2 Å². The van der Waals surface area contributed by atoms with E-state index in [4.69, 9.17) is 5.14 Å². The zero-order valence-corrected chi connectivity index (χ0v) is 8.15. The van der Waals surface area contributed by atoms with Gasteiger partial charge in [0.15, 0.2) is 0 Å². The second-order valence-corrected chi connectivity index (χ2v) is 4.05. The Kier molecular flexibility index (Phi) is 3.21. The van der Waals surface area contributed by atoms with Crippen molar-refractivity contribution in [1.82, 2.24) is 0 Å². The smallest absolute Gasteiger partial charge is 0.299 e. The lowest BCUT2D eigenvalue weighted by Gasteiger charge is -2.18. The second kappa shape index (κ2) is 4.21. The van der Waals surface area contributed by atoms with Gasteiger partial charge in [-0.05, 0) is 12.1 Å². The van der Waals surface area contributed by atoms with Crippen molar-refractivity contribution in [2.45, 2.75) is 0 Å². The van der Waals surface area contributed by atoms with Crippen molar-refractivity contribution in [1.29, 1.82) is 0 Å². The number of benzene rings is 1. The Hall–Kier alpha value is -1.40. The molecule has 2 N–H and O–H groups in total. The minimum Gasteiger partial charge on any atom is -0.301 e. The number of nitrogens with two attached hydrogens (primary N) is 1. The van der Waals surface area contributed by atoms with Crippen LogP contribution in [-0.4, -0.2) is 21.2 Å². The number of anilines is 1. The number of para-hydroxylation sites is 1. The van der Waals surface area contributed by atoms with Gasteiger partial charge < -0.3 is 4.79 Å². The molecule has 0 aromatic heterocycles. The van der Waals surface area contributed by atoms with Crippen LogP contribution in [0.4, 0.5) is 5.69 Å². The molecule has 0 bridgehead atoms. The fourth-order valence-electron chi connectivity index (χ4n) is 1.02. The number of aldehydes is 1. The number of nitrogens with zero attached hydrogens (tertiary/aromatic N) is 1. The van der Waals surface area contributed by atoms with E-state index < -0.39 is 10.2 Å². The molecular formula is C8H10N2O3S. The first-order chi connectivity index (χ1) is 6.55. The maximum absolute atomic E-state index is 11.1. The molecule has 0 radical (unpaired) electrons. The van der Waals surface area contributed by atoms with Gasteiger partial charge in [-0.25, -0.2) is 5.14 Å². The SMILES string of the molecule is NS(=O)(=O)N(CC=O)c1ccccc1. The average Bonchev–Trinajstić information content (AvgIpc) is 2.14. The van der Waals surface area contributed by atoms with Gasteiger partial charge in [0.2, 0.25) is 0 Å². The summed E-state index contributed by atoms with van der Waals surface area (Å²) in [5.74, 6) is 0. The van der Waals surface area contributed by atoms with Crippen LogP contribution in [0.1, 0.15) is 0 Å². The molecule has 0 heterocycles. The third kappa shape index (κ3) is 2.54. The van der Waals surface area contributed by atoms with Crippen molar-refractivity contribution in [3.05, 3.63) is 30.3 Å². The molecule has 0 aliphatic rings. The molecular weight excluding hydrogens is 204 g/mol. The molecule has 1 aromatic rings. The highest BCUT2D eigenvalue weighted by Crippen LogP contribution is 2.14. The summed E-state index contributed by atoms with van der Waals surface area (Å²) in [5, 5.41) is 4.94. The number of carbonyl (C=O) groups excluding carboxylic acids is 1. The van der Waals surface area contributed by atoms with Gasteiger partial charge in [-0.1, -0.05) is 18.2 Å². The largest absolute Gasteiger partial charge is 0.301 e. The highest BCUT2D eigenvalue weighted by molar-refractivity contribution is 7.90. The van der Waals surface area contributed by atoms with Crippen LogP contribution >= 0.6 is 0 Å². The normalized spacial score (nSPS) is 10.9. The van der Waals surface area contributed by atoms with Crippen LogP contribution in [0.3, 0.4) is 0 Å². The molecule has 0 aliphatic carbocycles. The Balaban J connectivity index is 3.07. The minimum absolute atomic E-state index is 0.275. The van der Waals surface area contributed by atoms with Crippen LogP contribution in [0, 0.1) is 0 Å². The molecule has 0 unspecified atom stereocenters. The highest BCUT2D eigenvalue weighted by Gasteiger charge is 2.16. The highest BCUT2D eigenvalue weighted by atomic mass is 32.2. The van der Waals surface area contributed by atoms with Crippen molar-refractivity contribution in [3.63, 3.8) is 0 Å². The van der Waals surface area contributed by atoms with Crippen molar-refractivity contribution in [3.8, 4) is 0 Å². The summed E-state index contributed by atoms with van der Waals surface area (Å²) in [6, 6.07) is 8.20. The van der Waals surface area contributed by atoms with E-state index in [0.29, 0.717) is 12.0 Å². The molecule has 76 valence electrons. The minimum atomic E-state index is -3.88. The van der Waals surface area contributed by atoms with Gasteiger partial charge in [-0.3, -0.25) is 4.31 Å². The maximum atomic E-state index is 11.1. The standard InChI is InChI=1S/C8H10N2O3S/c9-14(12,13)10(6-7-11)8-4-2-1-3-5-8/h1-5,7H,6H2,(H2,9,12,13). The van der Waals surface area contributed by atoms with Gasteiger partial charge in [0, 0.05) is 0 Å². The zero-order chi connectivity index (χ0) is 10.6. The van der Waals surface area contributed by atoms with Gasteiger partial charge in [0.25, 0.3) is 10.2 Å². The van der Waals surface area contributed by atoms with E-state index in [2.05, 4.69) is 0 Å². The summed E-state index contributed by atoms with van der Waals surface area (Å²) < 4.78 is 23.0. The predicted molar refractivity (Wildman–Crippen MR) is 53.0 cm³/mol. The van der Waals surface area contributed by atoms with E-state index in [9.17, 15) is 13.2 Å². The maximum Gasteiger partial charge on any atom is 0.299 e. The molecule has 0 spiro atoms. The molecule has 14 heavy (non-hydrogen) atoms. The van der Waals surface area contributed by atoms with Crippen LogP contribution in [0.25, 0.3) is 0 Å². The molecule has 0 saturated heterocycles. The molecule has 0 atom stereocenters. The summed E-state index contributed by atoms with van der Waals surface area (Å²) in [4.78, 5) is 10.3. The van der Waals surface area contributed by atoms with Crippen LogP contribution in [0.2, 0.25) is 0 Å². The fourth-order valence-corrected chi connectivity index (χ4v) is 1.70. The van der Waals surface area contributed by atoms with Crippen molar-refractivity contribution < 1.29 is 13.2 Å². The number of carbonyl (C=O) groups is 1. The van der Waals surface area contributed by atoms with Gasteiger partial charge in [0.1, 0.15) is 6.29 Å². The topological polar surface area (TPSA) is 80.5 Å². The van der Waals surface area contributed by atoms with Crippen molar-refractivity contribution in [2.75, 3.05) is 10.8 Å². The van der Waals surface area contributed by atoms with Crippen LogP contribution in [0.15, 0.2) is 30.3 Å². The summed E-state index contributed by atoms with van der Waals surface area (Å²) in [7, 11) is -3.88. The number of rotatable bonds is 4. The first-order valence-corrected chi connectivity index (χ1v) is 5.35. The van der Waals surface area contributed by atoms with E-state index in [1.54, 1.807) is 30.3 Å². The lowest BCUT2D eigenvalue weighted by molar-refractivity contribution is -0.106. The van der Waals surface area contributed by atoms with E-state index in [1.807, 2.05) is 0 Å². The molecule has 5 nitrogen and oxygen atoms in total. The van der Waals surface area contributed by atoms with Gasteiger partial charge >= 0.3 is 0 Å². The van der Waals surface area contributed by atoms with E-state index in [0.717, 1.165) is 4.31 Å². The average molecular weight is 214 g/mol. The lowest BCUT2D eigenvalue weighted by atomic mass is 10.3. The Morgan fingerprint density at radius 1 is 1.29 bits per heavy atom. The molecule has 0 aliphatic heterocycles. The Bertz CT molecular complexity index is 402. The fraction of sp³-hybridized carbons (Fsp3) is 0.125. The van der Waals surface area contributed by atoms with E-state index in [1.165, 1.54) is 0 Å². The predicted octanol–water partition coefficient (Wildman–Crippen LogP) is -0.105.